The van der Waals surface area contributed by atoms with Gasteiger partial charge in [-0.3, -0.25) is 9.10 Å². The van der Waals surface area contributed by atoms with E-state index in [1.54, 1.807) is 0 Å². The third-order valence-electron chi connectivity index (χ3n) is 4.27. The van der Waals surface area contributed by atoms with E-state index in [-0.39, 0.29) is 16.3 Å². The number of carbonyl (C=O) groups excluding carboxylic acids is 1. The molecular weight excluding hydrogens is 457 g/mol. The minimum atomic E-state index is -4.22. The Bertz CT molecular complexity index is 1200. The van der Waals surface area contributed by atoms with Crippen LogP contribution >= 0.6 is 11.3 Å². The van der Waals surface area contributed by atoms with Gasteiger partial charge in [-0.15, -0.1) is 11.3 Å². The number of hydrogen-bond acceptors (Lipinski definition) is 7. The highest BCUT2D eigenvalue weighted by atomic mass is 32.2. The number of thiophene rings is 1. The molecule has 3 aromatic rings. The standard InChI is InChI=1S/C21H20FN3O5S2/c1-29-19-10-9-18(12-20(19)30-2)32(27,28)25(16-7-5-15(22)6-8-16)14-21(26)24-23-13-17-4-3-11-31-17/h3-13H,14H2,1-2H3,(H,24,26)/b23-13-. The number of benzene rings is 2. The van der Waals surface area contributed by atoms with Crippen LogP contribution in [0.3, 0.4) is 0 Å². The van der Waals surface area contributed by atoms with Gasteiger partial charge in [-0.05, 0) is 47.8 Å². The highest BCUT2D eigenvalue weighted by Gasteiger charge is 2.28. The van der Waals surface area contributed by atoms with Crippen molar-refractivity contribution in [3.63, 3.8) is 0 Å². The van der Waals surface area contributed by atoms with Gasteiger partial charge in [0.2, 0.25) is 0 Å². The summed E-state index contributed by atoms with van der Waals surface area (Å²) in [7, 11) is -1.41. The van der Waals surface area contributed by atoms with Crippen LogP contribution in [0.15, 0.2) is 70.0 Å². The van der Waals surface area contributed by atoms with E-state index >= 15 is 0 Å². The van der Waals surface area contributed by atoms with E-state index in [0.29, 0.717) is 5.75 Å². The van der Waals surface area contributed by atoms with Gasteiger partial charge in [0.05, 0.1) is 31.0 Å². The molecule has 0 saturated heterocycles. The smallest absolute Gasteiger partial charge is 0.264 e. The quantitative estimate of drug-likeness (QED) is 0.377. The number of nitrogens with one attached hydrogen (secondary N) is 1. The van der Waals surface area contributed by atoms with Gasteiger partial charge in [0.25, 0.3) is 15.9 Å². The molecule has 0 aliphatic heterocycles. The molecule has 2 aromatic carbocycles. The van der Waals surface area contributed by atoms with Gasteiger partial charge >= 0.3 is 0 Å². The van der Waals surface area contributed by atoms with E-state index in [1.807, 2.05) is 17.5 Å². The predicted molar refractivity (Wildman–Crippen MR) is 121 cm³/mol. The molecule has 3 rings (SSSR count). The highest BCUT2D eigenvalue weighted by molar-refractivity contribution is 7.92. The second-order valence-electron chi connectivity index (χ2n) is 6.31. The Labute approximate surface area is 189 Å². The molecule has 0 bridgehead atoms. The number of hydrogen-bond donors (Lipinski definition) is 1. The molecule has 0 fully saturated rings. The molecule has 0 spiro atoms. The number of halogens is 1. The zero-order valence-electron chi connectivity index (χ0n) is 17.2. The number of methoxy groups -OCH3 is 2. The summed E-state index contributed by atoms with van der Waals surface area (Å²) < 4.78 is 51.4. The van der Waals surface area contributed by atoms with E-state index in [1.165, 1.54) is 62.1 Å². The fraction of sp³-hybridized carbons (Fsp3) is 0.143. The summed E-state index contributed by atoms with van der Waals surface area (Å²) in [6, 6.07) is 12.5. The first-order valence-corrected chi connectivity index (χ1v) is 11.5. The van der Waals surface area contributed by atoms with E-state index in [4.69, 9.17) is 9.47 Å². The molecule has 0 radical (unpaired) electrons. The maximum Gasteiger partial charge on any atom is 0.264 e. The number of amides is 1. The number of carbonyl (C=O) groups is 1. The Balaban J connectivity index is 1.91. The van der Waals surface area contributed by atoms with Crippen molar-refractivity contribution in [1.82, 2.24) is 5.43 Å². The number of hydrazone groups is 1. The summed E-state index contributed by atoms with van der Waals surface area (Å²) in [5.41, 5.74) is 2.42. The first-order valence-electron chi connectivity index (χ1n) is 9.21. The molecule has 11 heteroatoms. The fourth-order valence-corrected chi connectivity index (χ4v) is 4.75. The monoisotopic (exact) mass is 477 g/mol. The normalized spacial score (nSPS) is 11.3. The predicted octanol–water partition coefficient (Wildman–Crippen LogP) is 3.25. The number of nitrogens with zero attached hydrogens (tertiary/aromatic N) is 2. The first-order chi connectivity index (χ1) is 15.3. The molecule has 168 valence electrons. The van der Waals surface area contributed by atoms with Gasteiger partial charge in [-0.25, -0.2) is 18.2 Å². The Morgan fingerprint density at radius 1 is 1.12 bits per heavy atom. The molecule has 1 aromatic heterocycles. The minimum absolute atomic E-state index is 0.110. The van der Waals surface area contributed by atoms with Crippen molar-refractivity contribution in [3.8, 4) is 11.5 Å². The van der Waals surface area contributed by atoms with Gasteiger partial charge in [0, 0.05) is 10.9 Å². The third-order valence-corrected chi connectivity index (χ3v) is 6.85. The van der Waals surface area contributed by atoms with E-state index in [2.05, 4.69) is 10.5 Å². The van der Waals surface area contributed by atoms with Crippen LogP contribution in [0, 0.1) is 5.82 Å². The Morgan fingerprint density at radius 2 is 1.84 bits per heavy atom. The molecule has 0 unspecified atom stereocenters. The van der Waals surface area contributed by atoms with Gasteiger partial charge in [0.1, 0.15) is 12.4 Å². The van der Waals surface area contributed by atoms with Gasteiger partial charge in [0.15, 0.2) is 11.5 Å². The molecule has 1 N–H and O–H groups in total. The largest absolute Gasteiger partial charge is 0.493 e. The van der Waals surface area contributed by atoms with Crippen molar-refractivity contribution < 1.29 is 27.1 Å². The van der Waals surface area contributed by atoms with Crippen LogP contribution in [0.5, 0.6) is 11.5 Å². The van der Waals surface area contributed by atoms with E-state index in [0.717, 1.165) is 21.3 Å². The first kappa shape index (κ1) is 23.2. The second-order valence-corrected chi connectivity index (χ2v) is 9.16. The molecule has 0 saturated carbocycles. The highest BCUT2D eigenvalue weighted by Crippen LogP contribution is 2.32. The van der Waals surface area contributed by atoms with Crippen molar-refractivity contribution in [2.24, 2.45) is 5.10 Å². The van der Waals surface area contributed by atoms with Gasteiger partial charge in [-0.1, -0.05) is 6.07 Å². The molecule has 0 atom stereocenters. The van der Waals surface area contributed by atoms with Crippen molar-refractivity contribution in [1.29, 1.82) is 0 Å². The lowest BCUT2D eigenvalue weighted by atomic mass is 10.3. The summed E-state index contributed by atoms with van der Waals surface area (Å²) >= 11 is 1.43. The minimum Gasteiger partial charge on any atom is -0.493 e. The summed E-state index contributed by atoms with van der Waals surface area (Å²) in [5.74, 6) is -0.661. The molecule has 1 heterocycles. The average molecular weight is 478 g/mol. The fourth-order valence-electron chi connectivity index (χ4n) is 2.73. The van der Waals surface area contributed by atoms with Crippen LogP contribution in [-0.2, 0) is 14.8 Å². The lowest BCUT2D eigenvalue weighted by Gasteiger charge is -2.24. The molecule has 0 aliphatic rings. The Morgan fingerprint density at radius 3 is 2.47 bits per heavy atom. The average Bonchev–Trinajstić information content (AvgIpc) is 3.31. The lowest BCUT2D eigenvalue weighted by Crippen LogP contribution is -2.39. The molecular formula is C21H20FN3O5S2. The summed E-state index contributed by atoms with van der Waals surface area (Å²) in [6.07, 6.45) is 1.45. The third kappa shape index (κ3) is 5.42. The Kier molecular flexibility index (Phi) is 7.44. The van der Waals surface area contributed by atoms with Gasteiger partial charge in [-0.2, -0.15) is 5.10 Å². The summed E-state index contributed by atoms with van der Waals surface area (Å²) in [4.78, 5) is 13.2. The number of rotatable bonds is 9. The lowest BCUT2D eigenvalue weighted by molar-refractivity contribution is -0.119. The maximum atomic E-state index is 13.4. The number of ether oxygens (including phenoxy) is 2. The van der Waals surface area contributed by atoms with Crippen molar-refractivity contribution >= 4 is 39.2 Å². The maximum absolute atomic E-state index is 13.4. The van der Waals surface area contributed by atoms with Crippen LogP contribution in [-0.4, -0.2) is 41.3 Å². The van der Waals surface area contributed by atoms with Gasteiger partial charge < -0.3 is 9.47 Å². The van der Waals surface area contributed by atoms with E-state index < -0.39 is 28.3 Å². The van der Waals surface area contributed by atoms with Crippen molar-refractivity contribution in [2.75, 3.05) is 25.1 Å². The molecule has 0 aliphatic carbocycles. The number of sulfonamides is 1. The van der Waals surface area contributed by atoms with Crippen LogP contribution < -0.4 is 19.2 Å². The zero-order chi connectivity index (χ0) is 23.1. The van der Waals surface area contributed by atoms with E-state index in [9.17, 15) is 17.6 Å². The second kappa shape index (κ2) is 10.2. The SMILES string of the molecule is COc1ccc(S(=O)(=O)N(CC(=O)N/N=C\c2cccs2)c2ccc(F)cc2)cc1OC. The van der Waals surface area contributed by atoms with Crippen molar-refractivity contribution in [2.45, 2.75) is 4.90 Å². The molecule has 8 nitrogen and oxygen atoms in total. The van der Waals surface area contributed by atoms with Crippen LogP contribution in [0.25, 0.3) is 0 Å². The molecule has 1 amide bonds. The summed E-state index contributed by atoms with van der Waals surface area (Å²) in [5, 5.41) is 5.70. The zero-order valence-corrected chi connectivity index (χ0v) is 18.8. The molecule has 32 heavy (non-hydrogen) atoms. The number of anilines is 1. The Hall–Kier alpha value is -3.44. The van der Waals surface area contributed by atoms with Crippen molar-refractivity contribution in [3.05, 3.63) is 70.7 Å². The van der Waals surface area contributed by atoms with Crippen LogP contribution in [0.4, 0.5) is 10.1 Å². The topological polar surface area (TPSA) is 97.3 Å². The summed E-state index contributed by atoms with van der Waals surface area (Å²) in [6.45, 7) is -0.579. The van der Waals surface area contributed by atoms with Crippen LogP contribution in [0.1, 0.15) is 4.88 Å². The van der Waals surface area contributed by atoms with Crippen LogP contribution in [0.2, 0.25) is 0 Å².